The molecule has 0 aromatic heterocycles. The van der Waals surface area contributed by atoms with Crippen LogP contribution >= 0.6 is 0 Å². The second kappa shape index (κ2) is 10.5. The van der Waals surface area contributed by atoms with Gasteiger partial charge in [-0.1, -0.05) is 24.3 Å². The Kier molecular flexibility index (Phi) is 7.65. The van der Waals surface area contributed by atoms with Crippen molar-refractivity contribution >= 4 is 39.1 Å². The molecule has 1 amide bonds. The number of sulfonamides is 1. The molecule has 35 heavy (non-hydrogen) atoms. The first kappa shape index (κ1) is 25.6. The number of amides is 1. The maximum absolute atomic E-state index is 13.8. The summed E-state index contributed by atoms with van der Waals surface area (Å²) in [6, 6.07) is 15.3. The van der Waals surface area contributed by atoms with Crippen LogP contribution in [0.1, 0.15) is 40.1 Å². The Hall–Kier alpha value is -4.05. The Morgan fingerprint density at radius 3 is 2.20 bits per heavy atom. The van der Waals surface area contributed by atoms with Gasteiger partial charge in [0.1, 0.15) is 5.82 Å². The average Bonchev–Trinajstić information content (AvgIpc) is 2.80. The molecule has 3 aromatic carbocycles. The van der Waals surface area contributed by atoms with Gasteiger partial charge in [0.2, 0.25) is 0 Å². The molecule has 1 unspecified atom stereocenters. The topological polar surface area (TPSA) is 119 Å². The first-order valence-electron chi connectivity index (χ1n) is 10.5. The largest absolute Gasteiger partial charge is 0.449 e. The van der Waals surface area contributed by atoms with Gasteiger partial charge >= 0.3 is 5.97 Å². The summed E-state index contributed by atoms with van der Waals surface area (Å²) in [4.78, 5) is 36.2. The molecule has 0 bridgehead atoms. The number of rotatable bonds is 8. The van der Waals surface area contributed by atoms with Crippen LogP contribution in [0.2, 0.25) is 0 Å². The summed E-state index contributed by atoms with van der Waals surface area (Å²) < 4.78 is 46.5. The Bertz CT molecular complexity index is 1400. The maximum atomic E-state index is 13.8. The Morgan fingerprint density at radius 2 is 1.54 bits per heavy atom. The van der Waals surface area contributed by atoms with Crippen molar-refractivity contribution in [3.63, 3.8) is 0 Å². The van der Waals surface area contributed by atoms with Gasteiger partial charge in [-0.15, -0.1) is 0 Å². The van der Waals surface area contributed by atoms with E-state index in [1.807, 2.05) is 0 Å². The minimum absolute atomic E-state index is 0.00138. The van der Waals surface area contributed by atoms with Crippen molar-refractivity contribution in [1.82, 2.24) is 0 Å². The summed E-state index contributed by atoms with van der Waals surface area (Å²) in [5.41, 5.74) is 1.14. The number of ketones is 1. The van der Waals surface area contributed by atoms with Crippen molar-refractivity contribution in [3.8, 4) is 0 Å². The standard InChI is InChI=1S/C25H23FN2O6S/c1-15-10-11-22(14-23(15)26)35(32,33)28-21-9-5-7-19(13-21)25(31)34-17(3)24(30)27-20-8-4-6-18(12-20)16(2)29/h4-14,17,28H,1-3H3,(H,27,30). The summed E-state index contributed by atoms with van der Waals surface area (Å²) in [6.45, 7) is 4.29. The molecule has 182 valence electrons. The zero-order valence-electron chi connectivity index (χ0n) is 19.2. The van der Waals surface area contributed by atoms with E-state index >= 15 is 0 Å². The number of hydrogen-bond donors (Lipinski definition) is 2. The number of carbonyl (C=O) groups excluding carboxylic acids is 3. The number of ether oxygens (including phenoxy) is 1. The zero-order chi connectivity index (χ0) is 25.8. The quantitative estimate of drug-likeness (QED) is 0.353. The van der Waals surface area contributed by atoms with Gasteiger partial charge in [0, 0.05) is 16.9 Å². The van der Waals surface area contributed by atoms with Gasteiger partial charge in [-0.25, -0.2) is 17.6 Å². The Balaban J connectivity index is 1.68. The van der Waals surface area contributed by atoms with E-state index in [4.69, 9.17) is 4.74 Å². The van der Waals surface area contributed by atoms with Crippen LogP contribution in [-0.4, -0.2) is 32.2 Å². The van der Waals surface area contributed by atoms with Crippen molar-refractivity contribution in [2.24, 2.45) is 0 Å². The van der Waals surface area contributed by atoms with E-state index in [0.717, 1.165) is 6.07 Å². The molecule has 0 saturated heterocycles. The number of hydrogen-bond acceptors (Lipinski definition) is 6. The number of esters is 1. The fourth-order valence-electron chi connectivity index (χ4n) is 3.01. The fourth-order valence-corrected chi connectivity index (χ4v) is 4.07. The zero-order valence-corrected chi connectivity index (χ0v) is 20.0. The molecule has 0 heterocycles. The number of anilines is 2. The second-order valence-electron chi connectivity index (χ2n) is 7.77. The number of benzene rings is 3. The lowest BCUT2D eigenvalue weighted by molar-refractivity contribution is -0.123. The molecule has 3 rings (SSSR count). The third kappa shape index (κ3) is 6.51. The van der Waals surface area contributed by atoms with Gasteiger partial charge in [0.05, 0.1) is 10.5 Å². The first-order valence-corrected chi connectivity index (χ1v) is 12.0. The molecule has 10 heteroatoms. The lowest BCUT2D eigenvalue weighted by Crippen LogP contribution is -2.30. The number of aryl methyl sites for hydroxylation is 1. The van der Waals surface area contributed by atoms with E-state index in [-0.39, 0.29) is 21.9 Å². The van der Waals surface area contributed by atoms with Gasteiger partial charge in [-0.3, -0.25) is 14.3 Å². The van der Waals surface area contributed by atoms with Gasteiger partial charge in [0.25, 0.3) is 15.9 Å². The van der Waals surface area contributed by atoms with Gasteiger partial charge in [0.15, 0.2) is 11.9 Å². The predicted molar refractivity (Wildman–Crippen MR) is 128 cm³/mol. The van der Waals surface area contributed by atoms with Gasteiger partial charge < -0.3 is 10.1 Å². The summed E-state index contributed by atoms with van der Waals surface area (Å²) in [6.07, 6.45) is -1.18. The highest BCUT2D eigenvalue weighted by Gasteiger charge is 2.21. The van der Waals surface area contributed by atoms with E-state index in [1.165, 1.54) is 63.2 Å². The van der Waals surface area contributed by atoms with Crippen molar-refractivity contribution in [2.45, 2.75) is 31.8 Å². The maximum Gasteiger partial charge on any atom is 0.338 e. The molecule has 0 saturated carbocycles. The minimum atomic E-state index is -4.11. The summed E-state index contributed by atoms with van der Waals surface area (Å²) in [7, 11) is -4.11. The third-order valence-electron chi connectivity index (χ3n) is 4.99. The van der Waals surface area contributed by atoms with Crippen LogP contribution in [0.25, 0.3) is 0 Å². The summed E-state index contributed by atoms with van der Waals surface area (Å²) in [5, 5.41) is 2.57. The molecular weight excluding hydrogens is 475 g/mol. The van der Waals surface area contributed by atoms with Crippen molar-refractivity contribution in [3.05, 3.63) is 89.2 Å². The van der Waals surface area contributed by atoms with Gasteiger partial charge in [-0.2, -0.15) is 0 Å². The molecule has 0 aliphatic carbocycles. The fraction of sp³-hybridized carbons (Fsp3) is 0.160. The monoisotopic (exact) mass is 498 g/mol. The van der Waals surface area contributed by atoms with E-state index in [9.17, 15) is 27.2 Å². The highest BCUT2D eigenvalue weighted by Crippen LogP contribution is 2.20. The third-order valence-corrected chi connectivity index (χ3v) is 6.37. The minimum Gasteiger partial charge on any atom is -0.449 e. The normalized spacial score (nSPS) is 11.9. The number of halogens is 1. The second-order valence-corrected chi connectivity index (χ2v) is 9.45. The highest BCUT2D eigenvalue weighted by atomic mass is 32.2. The van der Waals surface area contributed by atoms with Crippen LogP contribution in [0.15, 0.2) is 71.6 Å². The number of carbonyl (C=O) groups is 3. The van der Waals surface area contributed by atoms with Crippen LogP contribution in [0.4, 0.5) is 15.8 Å². The Labute approximate surface area is 202 Å². The van der Waals surface area contributed by atoms with E-state index < -0.39 is 33.8 Å². The molecule has 8 nitrogen and oxygen atoms in total. The van der Waals surface area contributed by atoms with E-state index in [2.05, 4.69) is 10.0 Å². The molecule has 1 atom stereocenters. The Morgan fingerprint density at radius 1 is 0.914 bits per heavy atom. The van der Waals surface area contributed by atoms with Crippen molar-refractivity contribution in [2.75, 3.05) is 10.0 Å². The average molecular weight is 499 g/mol. The lowest BCUT2D eigenvalue weighted by atomic mass is 10.1. The smallest absolute Gasteiger partial charge is 0.338 e. The van der Waals surface area contributed by atoms with Crippen molar-refractivity contribution in [1.29, 1.82) is 0 Å². The molecule has 3 aromatic rings. The van der Waals surface area contributed by atoms with Crippen LogP contribution in [0.3, 0.4) is 0 Å². The van der Waals surface area contributed by atoms with Gasteiger partial charge in [-0.05, 0) is 68.8 Å². The van der Waals surface area contributed by atoms with Crippen LogP contribution < -0.4 is 10.0 Å². The van der Waals surface area contributed by atoms with E-state index in [1.54, 1.807) is 18.2 Å². The predicted octanol–water partition coefficient (Wildman–Crippen LogP) is 4.32. The van der Waals surface area contributed by atoms with Crippen molar-refractivity contribution < 1.29 is 31.9 Å². The van der Waals surface area contributed by atoms with E-state index in [0.29, 0.717) is 16.8 Å². The molecule has 0 spiro atoms. The molecular formula is C25H23FN2O6S. The SMILES string of the molecule is CC(=O)c1cccc(NC(=O)C(C)OC(=O)c2cccc(NS(=O)(=O)c3ccc(C)c(F)c3)c2)c1. The van der Waals surface area contributed by atoms with Crippen LogP contribution in [-0.2, 0) is 19.6 Å². The molecule has 2 N–H and O–H groups in total. The summed E-state index contributed by atoms with van der Waals surface area (Å²) in [5.74, 6) is -2.29. The summed E-state index contributed by atoms with van der Waals surface area (Å²) >= 11 is 0. The number of nitrogens with one attached hydrogen (secondary N) is 2. The molecule has 0 radical (unpaired) electrons. The first-order chi connectivity index (χ1) is 16.5. The lowest BCUT2D eigenvalue weighted by Gasteiger charge is -2.14. The highest BCUT2D eigenvalue weighted by molar-refractivity contribution is 7.92. The molecule has 0 fully saturated rings. The van der Waals surface area contributed by atoms with Crippen LogP contribution in [0, 0.1) is 12.7 Å². The molecule has 0 aliphatic rings. The van der Waals surface area contributed by atoms with Crippen LogP contribution in [0.5, 0.6) is 0 Å². The molecule has 0 aliphatic heterocycles. The number of Topliss-reactive ketones (excluding diaryl/α,β-unsaturated/α-hetero) is 1.